The molecule has 1 aliphatic carbocycles. The van der Waals surface area contributed by atoms with Crippen LogP contribution in [0.2, 0.25) is 0 Å². The lowest BCUT2D eigenvalue weighted by atomic mass is 9.82. The van der Waals surface area contributed by atoms with E-state index in [0.29, 0.717) is 24.5 Å². The number of nitriles is 1. The average Bonchev–Trinajstić information content (AvgIpc) is 3.22. The average molecular weight is 396 g/mol. The van der Waals surface area contributed by atoms with Gasteiger partial charge in [-0.1, -0.05) is 6.07 Å². The molecule has 2 heterocycles. The minimum absolute atomic E-state index is 0.165. The maximum Gasteiger partial charge on any atom is 0.165 e. The van der Waals surface area contributed by atoms with Gasteiger partial charge in [0.25, 0.3) is 0 Å². The normalized spacial score (nSPS) is 20.9. The second-order valence-corrected chi connectivity index (χ2v) is 7.68. The lowest BCUT2D eigenvalue weighted by Crippen LogP contribution is -2.34. The molecule has 1 aliphatic heterocycles. The summed E-state index contributed by atoms with van der Waals surface area (Å²) >= 11 is 0. The van der Waals surface area contributed by atoms with Crippen molar-refractivity contribution in [1.29, 1.82) is 5.26 Å². The van der Waals surface area contributed by atoms with Crippen molar-refractivity contribution in [1.82, 2.24) is 4.98 Å². The zero-order chi connectivity index (χ0) is 20.4. The fourth-order valence-electron chi connectivity index (χ4n) is 4.61. The molecule has 1 saturated heterocycles. The quantitative estimate of drug-likeness (QED) is 0.754. The van der Waals surface area contributed by atoms with Crippen molar-refractivity contribution in [3.05, 3.63) is 46.5 Å². The van der Waals surface area contributed by atoms with E-state index < -0.39 is 11.4 Å². The van der Waals surface area contributed by atoms with Gasteiger partial charge < -0.3 is 14.2 Å². The van der Waals surface area contributed by atoms with Crippen LogP contribution in [-0.4, -0.2) is 32.4 Å². The summed E-state index contributed by atoms with van der Waals surface area (Å²) in [6, 6.07) is 7.17. The number of hydrogen-bond donors (Lipinski definition) is 0. The van der Waals surface area contributed by atoms with E-state index in [-0.39, 0.29) is 5.75 Å². The summed E-state index contributed by atoms with van der Waals surface area (Å²) in [6.07, 6.45) is 5.48. The molecular weight excluding hydrogens is 371 g/mol. The van der Waals surface area contributed by atoms with Crippen molar-refractivity contribution >= 4 is 0 Å². The fourth-order valence-corrected chi connectivity index (χ4v) is 4.61. The van der Waals surface area contributed by atoms with Gasteiger partial charge in [0.1, 0.15) is 11.7 Å². The third kappa shape index (κ3) is 3.39. The van der Waals surface area contributed by atoms with Crippen LogP contribution >= 0.6 is 0 Å². The third-order valence-electron chi connectivity index (χ3n) is 5.94. The molecule has 0 spiro atoms. The Bertz CT molecular complexity index is 962. The molecule has 1 aromatic carbocycles. The first-order chi connectivity index (χ1) is 14.1. The summed E-state index contributed by atoms with van der Waals surface area (Å²) in [5.41, 5.74) is 4.12. The Balaban J connectivity index is 2.00. The van der Waals surface area contributed by atoms with Crippen LogP contribution in [0.1, 0.15) is 48.2 Å². The summed E-state index contributed by atoms with van der Waals surface area (Å²) in [5, 5.41) is 10.2. The second kappa shape index (κ2) is 8.10. The van der Waals surface area contributed by atoms with Crippen LogP contribution in [0.5, 0.6) is 5.75 Å². The highest BCUT2D eigenvalue weighted by atomic mass is 19.1. The molecule has 1 atom stereocenters. The molecule has 152 valence electrons. The highest BCUT2D eigenvalue weighted by molar-refractivity contribution is 5.77. The van der Waals surface area contributed by atoms with Crippen molar-refractivity contribution in [2.45, 2.75) is 44.1 Å². The molecule has 0 bridgehead atoms. The number of fused-ring (bicyclic) bond motifs is 1. The van der Waals surface area contributed by atoms with Gasteiger partial charge >= 0.3 is 0 Å². The van der Waals surface area contributed by atoms with Crippen molar-refractivity contribution in [3.8, 4) is 22.9 Å². The number of pyridine rings is 1. The van der Waals surface area contributed by atoms with E-state index in [9.17, 15) is 9.65 Å². The van der Waals surface area contributed by atoms with Crippen LogP contribution in [0.3, 0.4) is 0 Å². The monoisotopic (exact) mass is 396 g/mol. The van der Waals surface area contributed by atoms with E-state index in [0.717, 1.165) is 60.9 Å². The molecule has 5 nitrogen and oxygen atoms in total. The zero-order valence-electron chi connectivity index (χ0n) is 16.9. The Morgan fingerprint density at radius 1 is 1.24 bits per heavy atom. The first kappa shape index (κ1) is 19.8. The molecule has 4 rings (SSSR count). The molecule has 1 fully saturated rings. The Labute approximate surface area is 170 Å². The molecule has 0 radical (unpaired) electrons. The van der Waals surface area contributed by atoms with Crippen LogP contribution in [0.25, 0.3) is 11.1 Å². The molecule has 1 unspecified atom stereocenters. The zero-order valence-corrected chi connectivity index (χ0v) is 16.9. The summed E-state index contributed by atoms with van der Waals surface area (Å²) in [4.78, 5) is 4.97. The highest BCUT2D eigenvalue weighted by Crippen LogP contribution is 2.43. The minimum Gasteiger partial charge on any atom is -0.494 e. The van der Waals surface area contributed by atoms with Crippen molar-refractivity contribution in [2.75, 3.05) is 27.4 Å². The fraction of sp³-hybridized carbons (Fsp3) is 0.478. The van der Waals surface area contributed by atoms with Gasteiger partial charge in [-0.3, -0.25) is 4.98 Å². The number of methoxy groups -OCH3 is 2. The molecule has 0 N–H and O–H groups in total. The number of aryl methyl sites for hydroxylation is 1. The van der Waals surface area contributed by atoms with Crippen molar-refractivity contribution in [3.63, 3.8) is 0 Å². The summed E-state index contributed by atoms with van der Waals surface area (Å²) < 4.78 is 30.9. The van der Waals surface area contributed by atoms with Crippen LogP contribution in [-0.2, 0) is 27.9 Å². The van der Waals surface area contributed by atoms with Crippen LogP contribution < -0.4 is 4.74 Å². The minimum atomic E-state index is -0.717. The van der Waals surface area contributed by atoms with Gasteiger partial charge in [-0.05, 0) is 61.8 Å². The molecular formula is C23H25FN2O3. The Morgan fingerprint density at radius 3 is 2.76 bits per heavy atom. The predicted molar refractivity (Wildman–Crippen MR) is 106 cm³/mol. The number of ether oxygens (including phenoxy) is 3. The van der Waals surface area contributed by atoms with E-state index in [1.54, 1.807) is 19.2 Å². The third-order valence-corrected chi connectivity index (χ3v) is 5.94. The first-order valence-electron chi connectivity index (χ1n) is 10.1. The van der Waals surface area contributed by atoms with Crippen LogP contribution in [0.15, 0.2) is 18.2 Å². The standard InChI is InChI=1S/C23H25FN2O3/c1-27-14-23(10-5-11-29-23)22-17(13-25)21(16-6-3-4-7-19(16)26-22)15-8-9-18(24)20(12-15)28-2/h8-9,12H,3-7,10-11,14H2,1-2H3. The number of rotatable bonds is 5. The van der Waals surface area contributed by atoms with Gasteiger partial charge in [0.15, 0.2) is 11.6 Å². The van der Waals surface area contributed by atoms with Gasteiger partial charge in [-0.15, -0.1) is 0 Å². The number of hydrogen-bond acceptors (Lipinski definition) is 5. The topological polar surface area (TPSA) is 64.4 Å². The summed E-state index contributed by atoms with van der Waals surface area (Å²) in [6.45, 7) is 0.965. The lowest BCUT2D eigenvalue weighted by Gasteiger charge is -2.31. The molecule has 6 heteroatoms. The number of benzene rings is 1. The Hall–Kier alpha value is -2.49. The smallest absolute Gasteiger partial charge is 0.165 e. The van der Waals surface area contributed by atoms with E-state index in [1.165, 1.54) is 13.2 Å². The molecule has 29 heavy (non-hydrogen) atoms. The Morgan fingerprint density at radius 2 is 2.07 bits per heavy atom. The maximum absolute atomic E-state index is 14.1. The van der Waals surface area contributed by atoms with Gasteiger partial charge in [0.05, 0.1) is 25.0 Å². The SMILES string of the molecule is COCC1(c2nc3c(c(-c4ccc(F)c(OC)c4)c2C#N)CCCC3)CCCO1. The molecule has 0 saturated carbocycles. The first-order valence-corrected chi connectivity index (χ1v) is 10.1. The number of halogens is 1. The van der Waals surface area contributed by atoms with E-state index >= 15 is 0 Å². The Kier molecular flexibility index (Phi) is 5.53. The highest BCUT2D eigenvalue weighted by Gasteiger charge is 2.42. The van der Waals surface area contributed by atoms with Crippen molar-refractivity contribution in [2.24, 2.45) is 0 Å². The number of nitrogens with zero attached hydrogens (tertiary/aromatic N) is 2. The van der Waals surface area contributed by atoms with Crippen LogP contribution in [0.4, 0.5) is 4.39 Å². The van der Waals surface area contributed by atoms with E-state index in [4.69, 9.17) is 19.2 Å². The second-order valence-electron chi connectivity index (χ2n) is 7.68. The van der Waals surface area contributed by atoms with E-state index in [1.807, 2.05) is 0 Å². The predicted octanol–water partition coefficient (Wildman–Crippen LogP) is 4.30. The van der Waals surface area contributed by atoms with Crippen molar-refractivity contribution < 1.29 is 18.6 Å². The van der Waals surface area contributed by atoms with E-state index in [2.05, 4.69) is 6.07 Å². The summed E-state index contributed by atoms with van der Waals surface area (Å²) in [5.74, 6) is -0.258. The summed E-state index contributed by atoms with van der Waals surface area (Å²) in [7, 11) is 3.08. The molecule has 2 aromatic rings. The number of aromatic nitrogens is 1. The largest absolute Gasteiger partial charge is 0.494 e. The van der Waals surface area contributed by atoms with Crippen LogP contribution in [0, 0.1) is 17.1 Å². The van der Waals surface area contributed by atoms with Gasteiger partial charge in [0, 0.05) is 25.0 Å². The molecule has 0 amide bonds. The van der Waals surface area contributed by atoms with Gasteiger partial charge in [0.2, 0.25) is 0 Å². The lowest BCUT2D eigenvalue weighted by molar-refractivity contribution is -0.0592. The molecule has 1 aromatic heterocycles. The van der Waals surface area contributed by atoms with Gasteiger partial charge in [-0.25, -0.2) is 4.39 Å². The maximum atomic E-state index is 14.1. The molecule has 2 aliphatic rings. The van der Waals surface area contributed by atoms with Gasteiger partial charge in [-0.2, -0.15) is 5.26 Å².